The predicted molar refractivity (Wildman–Crippen MR) is 93.9 cm³/mol. The van der Waals surface area contributed by atoms with Crippen LogP contribution in [0, 0.1) is 17.8 Å². The van der Waals surface area contributed by atoms with E-state index in [4.69, 9.17) is 0 Å². The maximum Gasteiger partial charge on any atom is 0.222 e. The molecule has 128 valence electrons. The third-order valence-electron chi connectivity index (χ3n) is 4.12. The molecular weight excluding hydrogens is 288 g/mol. The zero-order chi connectivity index (χ0) is 17.2. The van der Waals surface area contributed by atoms with Crippen LogP contribution in [-0.2, 0) is 9.59 Å². The molecule has 0 N–H and O–H groups in total. The van der Waals surface area contributed by atoms with Crippen LogP contribution >= 0.6 is 0 Å². The van der Waals surface area contributed by atoms with Crippen molar-refractivity contribution in [2.45, 2.75) is 46.0 Å². The van der Waals surface area contributed by atoms with E-state index in [-0.39, 0.29) is 17.6 Å². The Morgan fingerprint density at radius 2 is 2.04 bits per heavy atom. The molecule has 0 bridgehead atoms. The number of hydrogen-bond acceptors (Lipinski definition) is 3. The fourth-order valence-electron chi connectivity index (χ4n) is 2.71. The lowest BCUT2D eigenvalue weighted by atomic mass is 10.1. The Bertz CT molecular complexity index is 487. The first-order valence-electron chi connectivity index (χ1n) is 8.63. The van der Waals surface area contributed by atoms with Crippen LogP contribution in [0.2, 0.25) is 0 Å². The molecule has 0 aromatic carbocycles. The summed E-state index contributed by atoms with van der Waals surface area (Å²) in [7, 11) is 2.09. The molecule has 0 spiro atoms. The lowest BCUT2D eigenvalue weighted by Gasteiger charge is -2.15. The van der Waals surface area contributed by atoms with E-state index in [0.29, 0.717) is 19.4 Å². The van der Waals surface area contributed by atoms with Crippen LogP contribution in [-0.4, -0.2) is 54.7 Å². The highest BCUT2D eigenvalue weighted by molar-refractivity contribution is 5.97. The van der Waals surface area contributed by atoms with Gasteiger partial charge in [0.25, 0.3) is 0 Å². The molecule has 0 radical (unpaired) electrons. The van der Waals surface area contributed by atoms with Gasteiger partial charge in [-0.25, -0.2) is 0 Å². The third-order valence-corrected chi connectivity index (χ3v) is 4.12. The van der Waals surface area contributed by atoms with Crippen molar-refractivity contribution in [2.24, 2.45) is 5.92 Å². The maximum atomic E-state index is 11.9. The zero-order valence-corrected chi connectivity index (χ0v) is 14.9. The molecule has 4 nitrogen and oxygen atoms in total. The molecule has 1 aliphatic heterocycles. The van der Waals surface area contributed by atoms with Crippen LogP contribution in [0.3, 0.4) is 0 Å². The van der Waals surface area contributed by atoms with Crippen LogP contribution in [0.4, 0.5) is 0 Å². The minimum absolute atomic E-state index is 0.0617. The van der Waals surface area contributed by atoms with Crippen molar-refractivity contribution in [3.8, 4) is 11.8 Å². The highest BCUT2D eigenvalue weighted by Gasteiger charge is 2.23. The number of hydrogen-bond donors (Lipinski definition) is 0. The summed E-state index contributed by atoms with van der Waals surface area (Å²) in [4.78, 5) is 27.6. The Labute approximate surface area is 140 Å². The van der Waals surface area contributed by atoms with Gasteiger partial charge in [-0.2, -0.15) is 0 Å². The Morgan fingerprint density at radius 3 is 2.70 bits per heavy atom. The van der Waals surface area contributed by atoms with Gasteiger partial charge in [0.1, 0.15) is 0 Å². The van der Waals surface area contributed by atoms with Crippen molar-refractivity contribution in [1.82, 2.24) is 9.80 Å². The molecule has 23 heavy (non-hydrogen) atoms. The molecule has 1 saturated heterocycles. The summed E-state index contributed by atoms with van der Waals surface area (Å²) in [6.07, 6.45) is 3.72. The van der Waals surface area contributed by atoms with Gasteiger partial charge in [-0.05, 0) is 38.8 Å². The van der Waals surface area contributed by atoms with Gasteiger partial charge in [-0.15, -0.1) is 0 Å². The van der Waals surface area contributed by atoms with E-state index < -0.39 is 0 Å². The maximum absolute atomic E-state index is 11.9. The normalized spacial score (nSPS) is 17.0. The summed E-state index contributed by atoms with van der Waals surface area (Å²) >= 11 is 0. The van der Waals surface area contributed by atoms with E-state index in [1.807, 2.05) is 11.8 Å². The highest BCUT2D eigenvalue weighted by atomic mass is 16.2. The molecule has 0 aliphatic carbocycles. The molecule has 1 rings (SSSR count). The SMILES string of the molecule is C=C(CCN(C)CCC)CC(=O)C#CC1CCN(C(=O)CC)C1. The topological polar surface area (TPSA) is 40.6 Å². The Hall–Kier alpha value is -1.60. The van der Waals surface area contributed by atoms with E-state index in [1.54, 1.807) is 0 Å². The van der Waals surface area contributed by atoms with Crippen molar-refractivity contribution in [3.63, 3.8) is 0 Å². The fraction of sp³-hybridized carbons (Fsp3) is 0.684. The van der Waals surface area contributed by atoms with Crippen LogP contribution in [0.5, 0.6) is 0 Å². The third kappa shape index (κ3) is 7.47. The molecule has 1 unspecified atom stereocenters. The summed E-state index contributed by atoms with van der Waals surface area (Å²) in [5.41, 5.74) is 0.946. The van der Waals surface area contributed by atoms with Gasteiger partial charge in [0.15, 0.2) is 0 Å². The van der Waals surface area contributed by atoms with Crippen molar-refractivity contribution < 1.29 is 9.59 Å². The van der Waals surface area contributed by atoms with Crippen LogP contribution in [0.15, 0.2) is 12.2 Å². The van der Waals surface area contributed by atoms with E-state index >= 15 is 0 Å². The second-order valence-corrected chi connectivity index (χ2v) is 6.35. The Balaban J connectivity index is 2.32. The minimum atomic E-state index is -0.0617. The molecule has 1 amide bonds. The van der Waals surface area contributed by atoms with Gasteiger partial charge in [0, 0.05) is 38.4 Å². The smallest absolute Gasteiger partial charge is 0.222 e. The number of rotatable bonds is 8. The van der Waals surface area contributed by atoms with E-state index in [2.05, 4.69) is 37.3 Å². The Kier molecular flexibility index (Phi) is 8.65. The van der Waals surface area contributed by atoms with Crippen molar-refractivity contribution >= 4 is 11.7 Å². The summed E-state index contributed by atoms with van der Waals surface area (Å²) in [6.45, 7) is 11.4. The van der Waals surface area contributed by atoms with Gasteiger partial charge in [-0.1, -0.05) is 31.9 Å². The molecule has 1 fully saturated rings. The highest BCUT2D eigenvalue weighted by Crippen LogP contribution is 2.16. The van der Waals surface area contributed by atoms with E-state index in [9.17, 15) is 9.59 Å². The molecule has 4 heteroatoms. The number of amides is 1. The van der Waals surface area contributed by atoms with Gasteiger partial charge in [-0.3, -0.25) is 9.59 Å². The van der Waals surface area contributed by atoms with E-state index in [0.717, 1.165) is 44.5 Å². The van der Waals surface area contributed by atoms with Crippen LogP contribution in [0.1, 0.15) is 46.0 Å². The molecule has 1 aliphatic rings. The van der Waals surface area contributed by atoms with Crippen LogP contribution < -0.4 is 0 Å². The first-order valence-corrected chi connectivity index (χ1v) is 8.63. The summed E-state index contributed by atoms with van der Waals surface area (Å²) in [5, 5.41) is 0. The van der Waals surface area contributed by atoms with Gasteiger partial charge < -0.3 is 9.80 Å². The lowest BCUT2D eigenvalue weighted by molar-refractivity contribution is -0.129. The summed E-state index contributed by atoms with van der Waals surface area (Å²) in [6, 6.07) is 0. The van der Waals surface area contributed by atoms with Crippen molar-refractivity contribution in [3.05, 3.63) is 12.2 Å². The van der Waals surface area contributed by atoms with Crippen LogP contribution in [0.25, 0.3) is 0 Å². The molecule has 0 aromatic rings. The average Bonchev–Trinajstić information content (AvgIpc) is 2.99. The average molecular weight is 318 g/mol. The summed E-state index contributed by atoms with van der Waals surface area (Å²) in [5.74, 6) is 6.03. The van der Waals surface area contributed by atoms with E-state index in [1.165, 1.54) is 0 Å². The number of carbonyl (C=O) groups is 2. The quantitative estimate of drug-likeness (QED) is 0.392. The molecule has 0 aromatic heterocycles. The summed E-state index contributed by atoms with van der Waals surface area (Å²) < 4.78 is 0. The standard InChI is InChI=1S/C19H30N2O2/c1-5-11-20(4)12-9-16(3)14-18(22)8-7-17-10-13-21(15-17)19(23)6-2/h17H,3,5-6,9-15H2,1-2,4H3. The monoisotopic (exact) mass is 318 g/mol. The van der Waals surface area contributed by atoms with Crippen molar-refractivity contribution in [1.29, 1.82) is 0 Å². The fourth-order valence-corrected chi connectivity index (χ4v) is 2.71. The number of carbonyl (C=O) groups excluding carboxylic acids is 2. The van der Waals surface area contributed by atoms with Gasteiger partial charge >= 0.3 is 0 Å². The number of ketones is 1. The molecule has 1 heterocycles. The first-order chi connectivity index (χ1) is 11.0. The van der Waals surface area contributed by atoms with Crippen molar-refractivity contribution in [2.75, 3.05) is 33.2 Å². The van der Waals surface area contributed by atoms with Gasteiger partial charge in [0.2, 0.25) is 11.7 Å². The lowest BCUT2D eigenvalue weighted by Crippen LogP contribution is -2.27. The largest absolute Gasteiger partial charge is 0.341 e. The predicted octanol–water partition coefficient (Wildman–Crippen LogP) is 2.50. The number of Topliss-reactive ketones (excluding diaryl/α,β-unsaturated/α-hetero) is 1. The Morgan fingerprint density at radius 1 is 1.30 bits per heavy atom. The second kappa shape index (κ2) is 10.2. The zero-order valence-electron chi connectivity index (χ0n) is 14.9. The first kappa shape index (κ1) is 19.4. The number of nitrogens with zero attached hydrogens (tertiary/aromatic N) is 2. The molecule has 0 saturated carbocycles. The second-order valence-electron chi connectivity index (χ2n) is 6.35. The molecule has 1 atom stereocenters. The minimum Gasteiger partial charge on any atom is -0.341 e. The number of likely N-dealkylation sites (tertiary alicyclic amines) is 1. The van der Waals surface area contributed by atoms with Gasteiger partial charge in [0.05, 0.1) is 0 Å². The molecular formula is C19H30N2O2.